The van der Waals surface area contributed by atoms with Gasteiger partial charge in [-0.15, -0.1) is 0 Å². The van der Waals surface area contributed by atoms with Gasteiger partial charge in [0.2, 0.25) is 11.8 Å². The van der Waals surface area contributed by atoms with Crippen LogP contribution in [0.1, 0.15) is 47.5 Å². The second kappa shape index (κ2) is 11.6. The van der Waals surface area contributed by atoms with Gasteiger partial charge >= 0.3 is 0 Å². The maximum Gasteiger partial charge on any atom is 0.251 e. The molecule has 0 aromatic heterocycles. The SMILES string of the molecule is CN1CCN(C(=O)C(CCCC(=O)N[C@@H]2C[C@H]2c2ccc(F)cc2)NC(=O)c2ccc(F)cc2)CC1. The third-order valence-electron chi connectivity index (χ3n) is 6.86. The molecule has 2 aliphatic rings. The lowest BCUT2D eigenvalue weighted by Crippen LogP contribution is -2.54. The standard InChI is InChI=1S/C27H32F2N4O3/c1-32-13-15-33(16-14-32)27(36)23(31-26(35)19-7-11-21(29)12-8-19)3-2-4-25(34)30-24-17-22(24)18-5-9-20(28)10-6-18/h5-12,22-24H,2-4,13-17H2,1H3,(H,30,34)(H,31,35)/t22-,23?,24+/m0/s1. The number of piperazine rings is 1. The van der Waals surface area contributed by atoms with Gasteiger partial charge in [0.15, 0.2) is 0 Å². The molecule has 1 unspecified atom stereocenters. The van der Waals surface area contributed by atoms with Crippen molar-refractivity contribution in [3.8, 4) is 0 Å². The van der Waals surface area contributed by atoms with Crippen molar-refractivity contribution in [2.24, 2.45) is 0 Å². The first-order chi connectivity index (χ1) is 17.3. The van der Waals surface area contributed by atoms with E-state index in [1.54, 1.807) is 17.0 Å². The molecule has 1 aliphatic carbocycles. The van der Waals surface area contributed by atoms with Gasteiger partial charge in [-0.2, -0.15) is 0 Å². The molecule has 2 aromatic carbocycles. The molecule has 0 bridgehead atoms. The van der Waals surface area contributed by atoms with E-state index in [0.29, 0.717) is 25.9 Å². The number of halogens is 2. The molecule has 2 N–H and O–H groups in total. The molecule has 1 aliphatic heterocycles. The topological polar surface area (TPSA) is 81.8 Å². The van der Waals surface area contributed by atoms with Crippen LogP contribution in [-0.2, 0) is 9.59 Å². The molecule has 3 amide bonds. The molecule has 4 rings (SSSR count). The zero-order valence-corrected chi connectivity index (χ0v) is 20.4. The average molecular weight is 499 g/mol. The lowest BCUT2D eigenvalue weighted by Gasteiger charge is -2.34. The normalized spacial score (nSPS) is 20.5. The molecule has 9 heteroatoms. The van der Waals surface area contributed by atoms with Crippen molar-refractivity contribution in [3.05, 3.63) is 71.3 Å². The van der Waals surface area contributed by atoms with Crippen molar-refractivity contribution >= 4 is 17.7 Å². The van der Waals surface area contributed by atoms with Gasteiger partial charge in [-0.05, 0) is 68.3 Å². The minimum Gasteiger partial charge on any atom is -0.353 e. The van der Waals surface area contributed by atoms with E-state index in [4.69, 9.17) is 0 Å². The van der Waals surface area contributed by atoms with Crippen LogP contribution in [0.15, 0.2) is 48.5 Å². The molecule has 192 valence electrons. The van der Waals surface area contributed by atoms with E-state index in [1.165, 1.54) is 36.4 Å². The van der Waals surface area contributed by atoms with Gasteiger partial charge in [0, 0.05) is 50.1 Å². The van der Waals surface area contributed by atoms with Crippen LogP contribution in [0.25, 0.3) is 0 Å². The lowest BCUT2D eigenvalue weighted by atomic mass is 10.1. The van der Waals surface area contributed by atoms with Crippen LogP contribution in [0.3, 0.4) is 0 Å². The lowest BCUT2D eigenvalue weighted by molar-refractivity contribution is -0.135. The molecule has 3 atom stereocenters. The van der Waals surface area contributed by atoms with Gasteiger partial charge in [-0.1, -0.05) is 12.1 Å². The second-order valence-corrected chi connectivity index (χ2v) is 9.62. The van der Waals surface area contributed by atoms with Gasteiger partial charge in [-0.3, -0.25) is 14.4 Å². The maximum atomic E-state index is 13.2. The zero-order chi connectivity index (χ0) is 25.7. The highest BCUT2D eigenvalue weighted by Gasteiger charge is 2.39. The minimum atomic E-state index is -0.772. The van der Waals surface area contributed by atoms with Crippen molar-refractivity contribution in [2.45, 2.75) is 43.7 Å². The smallest absolute Gasteiger partial charge is 0.251 e. The Morgan fingerprint density at radius 2 is 1.56 bits per heavy atom. The summed E-state index contributed by atoms with van der Waals surface area (Å²) in [5.41, 5.74) is 1.27. The zero-order valence-electron chi connectivity index (χ0n) is 20.4. The van der Waals surface area contributed by atoms with Gasteiger partial charge < -0.3 is 20.4 Å². The summed E-state index contributed by atoms with van der Waals surface area (Å²) in [7, 11) is 1.99. The fraction of sp³-hybridized carbons (Fsp3) is 0.444. The Hall–Kier alpha value is -3.33. The van der Waals surface area contributed by atoms with Crippen LogP contribution < -0.4 is 10.6 Å². The summed E-state index contributed by atoms with van der Waals surface area (Å²) in [6.07, 6.45) is 1.78. The molecule has 7 nitrogen and oxygen atoms in total. The third-order valence-corrected chi connectivity index (χ3v) is 6.86. The van der Waals surface area contributed by atoms with Gasteiger partial charge in [0.05, 0.1) is 0 Å². The number of hydrogen-bond acceptors (Lipinski definition) is 4. The van der Waals surface area contributed by atoms with Crippen molar-refractivity contribution in [1.29, 1.82) is 0 Å². The number of hydrogen-bond donors (Lipinski definition) is 2. The van der Waals surface area contributed by atoms with Crippen LogP contribution in [0.5, 0.6) is 0 Å². The van der Waals surface area contributed by atoms with E-state index >= 15 is 0 Å². The number of nitrogens with zero attached hydrogens (tertiary/aromatic N) is 2. The van der Waals surface area contributed by atoms with Crippen molar-refractivity contribution in [2.75, 3.05) is 33.2 Å². The number of benzene rings is 2. The first kappa shape index (κ1) is 25.8. The van der Waals surface area contributed by atoms with Crippen LogP contribution in [-0.4, -0.2) is 72.8 Å². The molecule has 1 heterocycles. The first-order valence-corrected chi connectivity index (χ1v) is 12.4. The molecular formula is C27H32F2N4O3. The number of likely N-dealkylation sites (N-methyl/N-ethyl adjacent to an activating group) is 1. The van der Waals surface area contributed by atoms with Crippen LogP contribution >= 0.6 is 0 Å². The Bertz CT molecular complexity index is 1070. The first-order valence-electron chi connectivity index (χ1n) is 12.4. The Kier molecular flexibility index (Phi) is 8.30. The van der Waals surface area contributed by atoms with Crippen molar-refractivity contribution in [3.63, 3.8) is 0 Å². The second-order valence-electron chi connectivity index (χ2n) is 9.62. The molecule has 1 saturated carbocycles. The molecule has 36 heavy (non-hydrogen) atoms. The minimum absolute atomic E-state index is 0.0314. The number of carbonyl (C=O) groups is 3. The number of rotatable bonds is 9. The van der Waals surface area contributed by atoms with Crippen molar-refractivity contribution < 1.29 is 23.2 Å². The van der Waals surface area contributed by atoms with E-state index in [-0.39, 0.29) is 41.6 Å². The van der Waals surface area contributed by atoms with Gasteiger partial charge in [-0.25, -0.2) is 8.78 Å². The van der Waals surface area contributed by atoms with Gasteiger partial charge in [0.1, 0.15) is 17.7 Å². The van der Waals surface area contributed by atoms with Crippen molar-refractivity contribution in [1.82, 2.24) is 20.4 Å². The molecule has 2 aromatic rings. The molecular weight excluding hydrogens is 466 g/mol. The summed E-state index contributed by atoms with van der Waals surface area (Å²) in [5.74, 6) is -1.27. The molecule has 0 spiro atoms. The average Bonchev–Trinajstić information content (AvgIpc) is 3.63. The van der Waals surface area contributed by atoms with Gasteiger partial charge in [0.25, 0.3) is 5.91 Å². The Labute approximate surface area is 209 Å². The highest BCUT2D eigenvalue weighted by atomic mass is 19.1. The predicted octanol–water partition coefficient (Wildman–Crippen LogP) is 2.68. The fourth-order valence-electron chi connectivity index (χ4n) is 4.53. The maximum absolute atomic E-state index is 13.2. The quantitative estimate of drug-likeness (QED) is 0.557. The summed E-state index contributed by atoms with van der Waals surface area (Å²) in [6.45, 7) is 2.66. The Balaban J connectivity index is 1.30. The summed E-state index contributed by atoms with van der Waals surface area (Å²) in [4.78, 5) is 42.3. The summed E-state index contributed by atoms with van der Waals surface area (Å²) >= 11 is 0. The summed E-state index contributed by atoms with van der Waals surface area (Å²) in [5, 5.41) is 5.80. The number of nitrogens with one attached hydrogen (secondary N) is 2. The highest BCUT2D eigenvalue weighted by Crippen LogP contribution is 2.40. The van der Waals surface area contributed by atoms with E-state index in [1.807, 2.05) is 7.05 Å². The van der Waals surface area contributed by atoms with E-state index in [9.17, 15) is 23.2 Å². The number of amides is 3. The number of carbonyl (C=O) groups excluding carboxylic acids is 3. The Morgan fingerprint density at radius 3 is 2.19 bits per heavy atom. The Morgan fingerprint density at radius 1 is 0.944 bits per heavy atom. The third kappa shape index (κ3) is 6.87. The predicted molar refractivity (Wildman–Crippen MR) is 131 cm³/mol. The largest absolute Gasteiger partial charge is 0.353 e. The summed E-state index contributed by atoms with van der Waals surface area (Å²) < 4.78 is 26.4. The molecule has 1 saturated heterocycles. The van der Waals surface area contributed by atoms with E-state index in [2.05, 4.69) is 15.5 Å². The fourth-order valence-corrected chi connectivity index (χ4v) is 4.53. The molecule has 2 fully saturated rings. The van der Waals surface area contributed by atoms with Crippen LogP contribution in [0.4, 0.5) is 8.78 Å². The van der Waals surface area contributed by atoms with E-state index < -0.39 is 17.8 Å². The molecule has 0 radical (unpaired) electrons. The van der Waals surface area contributed by atoms with Crippen LogP contribution in [0, 0.1) is 11.6 Å². The van der Waals surface area contributed by atoms with E-state index in [0.717, 1.165) is 25.1 Å². The van der Waals surface area contributed by atoms with Crippen LogP contribution in [0.2, 0.25) is 0 Å². The summed E-state index contributed by atoms with van der Waals surface area (Å²) in [6, 6.07) is 10.7. The highest BCUT2D eigenvalue weighted by molar-refractivity contribution is 5.97. The monoisotopic (exact) mass is 498 g/mol.